The van der Waals surface area contributed by atoms with Crippen molar-refractivity contribution in [1.82, 2.24) is 4.90 Å². The maximum absolute atomic E-state index is 13.6. The van der Waals surface area contributed by atoms with Gasteiger partial charge in [-0.2, -0.15) is 0 Å². The smallest absolute Gasteiger partial charge is 0.264 e. The second-order valence-electron chi connectivity index (χ2n) is 9.19. The minimum absolute atomic E-state index is 0.0730. The quantitative estimate of drug-likeness (QED) is 0.503. The van der Waals surface area contributed by atoms with Crippen LogP contribution in [0.4, 0.5) is 5.69 Å². The van der Waals surface area contributed by atoms with Gasteiger partial charge in [0, 0.05) is 24.7 Å². The number of carbonyl (C=O) groups excluding carboxylic acids is 1. The first-order valence-corrected chi connectivity index (χ1v) is 13.6. The van der Waals surface area contributed by atoms with Crippen molar-refractivity contribution in [3.05, 3.63) is 89.5 Å². The van der Waals surface area contributed by atoms with Gasteiger partial charge in [0.05, 0.1) is 17.7 Å². The van der Waals surface area contributed by atoms with E-state index in [-0.39, 0.29) is 16.8 Å². The van der Waals surface area contributed by atoms with Crippen LogP contribution in [0.15, 0.2) is 77.7 Å². The van der Waals surface area contributed by atoms with Crippen LogP contribution in [0.1, 0.15) is 40.7 Å². The van der Waals surface area contributed by atoms with Gasteiger partial charge in [-0.05, 0) is 79.6 Å². The SMILES string of the molecule is COc1cccc(CC2CCCN2C(=O)c2cccc(S(=O)(=O)N3CCCc4ccccc43)c2)c1. The second-order valence-corrected chi connectivity index (χ2v) is 11.0. The number of nitrogens with zero attached hydrogens (tertiary/aromatic N) is 2. The Labute approximate surface area is 207 Å². The van der Waals surface area contributed by atoms with E-state index in [0.29, 0.717) is 18.7 Å². The van der Waals surface area contributed by atoms with Crippen LogP contribution in [0, 0.1) is 0 Å². The minimum Gasteiger partial charge on any atom is -0.497 e. The Kier molecular flexibility index (Phi) is 6.52. The third-order valence-corrected chi connectivity index (χ3v) is 8.79. The number of ether oxygens (including phenoxy) is 1. The summed E-state index contributed by atoms with van der Waals surface area (Å²) < 4.78 is 34.0. The number of anilines is 1. The topological polar surface area (TPSA) is 66.9 Å². The second kappa shape index (κ2) is 9.74. The Balaban J connectivity index is 1.39. The fourth-order valence-electron chi connectivity index (χ4n) is 5.22. The number of benzene rings is 3. The van der Waals surface area contributed by atoms with Crippen molar-refractivity contribution >= 4 is 21.6 Å². The number of likely N-dealkylation sites (tertiary alicyclic amines) is 1. The highest BCUT2D eigenvalue weighted by molar-refractivity contribution is 7.92. The first-order chi connectivity index (χ1) is 17.0. The van der Waals surface area contributed by atoms with Crippen LogP contribution in [0.3, 0.4) is 0 Å². The molecule has 1 atom stereocenters. The Hall–Kier alpha value is -3.32. The summed E-state index contributed by atoms with van der Waals surface area (Å²) in [5.74, 6) is 0.682. The number of amides is 1. The molecule has 2 heterocycles. The van der Waals surface area contributed by atoms with Crippen LogP contribution < -0.4 is 9.04 Å². The summed E-state index contributed by atoms with van der Waals surface area (Å²) in [5, 5.41) is 0. The summed E-state index contributed by atoms with van der Waals surface area (Å²) in [4.78, 5) is 15.6. The molecular formula is C28H30N2O4S. The minimum atomic E-state index is -3.78. The summed E-state index contributed by atoms with van der Waals surface area (Å²) in [6.45, 7) is 1.11. The van der Waals surface area contributed by atoms with Gasteiger partial charge in [-0.3, -0.25) is 9.10 Å². The molecule has 7 heteroatoms. The van der Waals surface area contributed by atoms with Gasteiger partial charge >= 0.3 is 0 Å². The zero-order valence-electron chi connectivity index (χ0n) is 19.9. The number of methoxy groups -OCH3 is 1. The average Bonchev–Trinajstić information content (AvgIpc) is 3.36. The number of hydrogen-bond acceptors (Lipinski definition) is 4. The van der Waals surface area contributed by atoms with E-state index >= 15 is 0 Å². The highest BCUT2D eigenvalue weighted by atomic mass is 32.2. The molecule has 2 aliphatic rings. The van der Waals surface area contributed by atoms with E-state index < -0.39 is 10.0 Å². The van der Waals surface area contributed by atoms with E-state index in [1.54, 1.807) is 25.3 Å². The van der Waals surface area contributed by atoms with Crippen molar-refractivity contribution in [2.45, 2.75) is 43.0 Å². The molecule has 0 bridgehead atoms. The number of carbonyl (C=O) groups is 1. The van der Waals surface area contributed by atoms with Crippen molar-refractivity contribution in [2.24, 2.45) is 0 Å². The van der Waals surface area contributed by atoms with E-state index in [1.165, 1.54) is 10.4 Å². The van der Waals surface area contributed by atoms with E-state index in [9.17, 15) is 13.2 Å². The third kappa shape index (κ3) is 4.65. The normalized spacial score (nSPS) is 17.8. The molecule has 0 radical (unpaired) electrons. The van der Waals surface area contributed by atoms with E-state index in [0.717, 1.165) is 54.7 Å². The average molecular weight is 491 g/mol. The summed E-state index contributed by atoms with van der Waals surface area (Å²) in [6, 6.07) is 22.1. The monoisotopic (exact) mass is 490 g/mol. The highest BCUT2D eigenvalue weighted by Gasteiger charge is 2.32. The Morgan fingerprint density at radius 1 is 0.971 bits per heavy atom. The summed E-state index contributed by atoms with van der Waals surface area (Å²) in [7, 11) is -2.13. The molecule has 3 aromatic rings. The molecule has 6 nitrogen and oxygen atoms in total. The van der Waals surface area contributed by atoms with Crippen molar-refractivity contribution in [1.29, 1.82) is 0 Å². The van der Waals surface area contributed by atoms with Crippen LogP contribution in [-0.2, 0) is 22.9 Å². The van der Waals surface area contributed by atoms with Crippen LogP contribution in [0.5, 0.6) is 5.75 Å². The predicted molar refractivity (Wildman–Crippen MR) is 136 cm³/mol. The Morgan fingerprint density at radius 3 is 2.66 bits per heavy atom. The lowest BCUT2D eigenvalue weighted by Gasteiger charge is -2.30. The molecule has 0 saturated carbocycles. The van der Waals surface area contributed by atoms with Gasteiger partial charge in [0.25, 0.3) is 15.9 Å². The van der Waals surface area contributed by atoms with Gasteiger partial charge in [-0.25, -0.2) is 8.42 Å². The summed E-state index contributed by atoms with van der Waals surface area (Å²) in [5.41, 5.74) is 3.29. The standard InChI is InChI=1S/C28H30N2O4S/c1-34-25-13-4-8-21(19-25)18-24-12-7-16-29(24)28(31)23-10-5-14-26(20-23)35(32,33)30-17-6-11-22-9-2-3-15-27(22)30/h2-5,8-10,13-15,19-20,24H,6-7,11-12,16-18H2,1H3. The number of aryl methyl sites for hydroxylation is 1. The molecule has 1 unspecified atom stereocenters. The van der Waals surface area contributed by atoms with Crippen molar-refractivity contribution in [3.63, 3.8) is 0 Å². The van der Waals surface area contributed by atoms with Gasteiger partial charge in [0.2, 0.25) is 0 Å². The zero-order valence-corrected chi connectivity index (χ0v) is 20.7. The van der Waals surface area contributed by atoms with Crippen LogP contribution in [0.25, 0.3) is 0 Å². The molecule has 1 saturated heterocycles. The largest absolute Gasteiger partial charge is 0.497 e. The van der Waals surface area contributed by atoms with E-state index in [2.05, 4.69) is 0 Å². The molecule has 35 heavy (non-hydrogen) atoms. The number of sulfonamides is 1. The molecule has 0 N–H and O–H groups in total. The van der Waals surface area contributed by atoms with Crippen LogP contribution in [-0.4, -0.2) is 45.5 Å². The Morgan fingerprint density at radius 2 is 1.80 bits per heavy atom. The maximum Gasteiger partial charge on any atom is 0.264 e. The highest BCUT2D eigenvalue weighted by Crippen LogP contribution is 2.32. The molecule has 2 aliphatic heterocycles. The van der Waals surface area contributed by atoms with Gasteiger partial charge in [0.15, 0.2) is 0 Å². The molecule has 0 aromatic heterocycles. The van der Waals surface area contributed by atoms with Crippen LogP contribution in [0.2, 0.25) is 0 Å². The molecule has 1 fully saturated rings. The van der Waals surface area contributed by atoms with Crippen molar-refractivity contribution in [2.75, 3.05) is 24.5 Å². The molecular weight excluding hydrogens is 460 g/mol. The first-order valence-electron chi connectivity index (χ1n) is 12.1. The van der Waals surface area contributed by atoms with Crippen LogP contribution >= 0.6 is 0 Å². The molecule has 5 rings (SSSR count). The molecule has 0 spiro atoms. The molecule has 1 amide bonds. The molecule has 182 valence electrons. The maximum atomic E-state index is 13.6. The lowest BCUT2D eigenvalue weighted by Crippen LogP contribution is -2.37. The van der Waals surface area contributed by atoms with Gasteiger partial charge in [0.1, 0.15) is 5.75 Å². The first kappa shape index (κ1) is 23.4. The van der Waals surface area contributed by atoms with Crippen molar-refractivity contribution < 1.29 is 17.9 Å². The van der Waals surface area contributed by atoms with Gasteiger partial charge < -0.3 is 9.64 Å². The van der Waals surface area contributed by atoms with Crippen molar-refractivity contribution in [3.8, 4) is 5.75 Å². The fourth-order valence-corrected chi connectivity index (χ4v) is 6.81. The van der Waals surface area contributed by atoms with Gasteiger partial charge in [-0.15, -0.1) is 0 Å². The number of para-hydroxylation sites is 1. The zero-order chi connectivity index (χ0) is 24.4. The summed E-state index contributed by atoms with van der Waals surface area (Å²) >= 11 is 0. The number of hydrogen-bond donors (Lipinski definition) is 0. The predicted octanol–water partition coefficient (Wildman–Crippen LogP) is 4.68. The lowest BCUT2D eigenvalue weighted by atomic mass is 10.0. The lowest BCUT2D eigenvalue weighted by molar-refractivity contribution is 0.0736. The summed E-state index contributed by atoms with van der Waals surface area (Å²) in [6.07, 6.45) is 4.23. The van der Waals surface area contributed by atoms with E-state index in [1.807, 2.05) is 53.4 Å². The molecule has 3 aromatic carbocycles. The number of rotatable bonds is 6. The van der Waals surface area contributed by atoms with Gasteiger partial charge in [-0.1, -0.05) is 36.4 Å². The number of fused-ring (bicyclic) bond motifs is 1. The molecule has 0 aliphatic carbocycles. The Bertz CT molecular complexity index is 1340. The fraction of sp³-hybridized carbons (Fsp3) is 0.321. The van der Waals surface area contributed by atoms with E-state index in [4.69, 9.17) is 4.74 Å². The third-order valence-electron chi connectivity index (χ3n) is 6.98.